The first kappa shape index (κ1) is 21.6. The molecule has 144 valence electrons. The molecule has 0 atom stereocenters. The lowest BCUT2D eigenvalue weighted by Gasteiger charge is -2.37. The van der Waals surface area contributed by atoms with Gasteiger partial charge in [0.25, 0.3) is 0 Å². The molecule has 0 saturated carbocycles. The van der Waals surface area contributed by atoms with Gasteiger partial charge in [-0.3, -0.25) is 4.90 Å². The molecule has 0 radical (unpaired) electrons. The second kappa shape index (κ2) is 10.6. The standard InChI is InChI=1S/C20H27N3S.2ClH/c1-2-4-18(5-3-1)19-15-24-20(22-19)14-23-12-8-17(9-13-23)16-6-10-21-11-7-16;;/h1-5,15-17,21H,6-14H2;2*1H. The number of piperidine rings is 2. The molecule has 2 aromatic rings. The Hall–Kier alpha value is -0.650. The topological polar surface area (TPSA) is 28.2 Å². The van der Waals surface area contributed by atoms with E-state index < -0.39 is 0 Å². The number of aromatic nitrogens is 1. The SMILES string of the molecule is Cl.Cl.c1ccc(-c2csc(CN3CCC(C4CCNCC4)CC3)n2)cc1. The predicted molar refractivity (Wildman–Crippen MR) is 116 cm³/mol. The van der Waals surface area contributed by atoms with E-state index in [0.29, 0.717) is 0 Å². The first-order chi connectivity index (χ1) is 11.9. The Morgan fingerprint density at radius 1 is 0.962 bits per heavy atom. The van der Waals surface area contributed by atoms with Gasteiger partial charge in [-0.05, 0) is 63.7 Å². The van der Waals surface area contributed by atoms with Crippen molar-refractivity contribution in [2.24, 2.45) is 11.8 Å². The number of halogens is 2. The molecule has 2 fully saturated rings. The van der Waals surface area contributed by atoms with Crippen LogP contribution in [0.1, 0.15) is 30.7 Å². The molecule has 2 saturated heterocycles. The highest BCUT2D eigenvalue weighted by Gasteiger charge is 2.27. The molecule has 26 heavy (non-hydrogen) atoms. The van der Waals surface area contributed by atoms with Gasteiger partial charge in [-0.15, -0.1) is 36.2 Å². The van der Waals surface area contributed by atoms with Gasteiger partial charge < -0.3 is 5.32 Å². The third kappa shape index (κ3) is 5.43. The second-order valence-corrected chi connectivity index (χ2v) is 8.14. The third-order valence-electron chi connectivity index (χ3n) is 5.66. The van der Waals surface area contributed by atoms with E-state index in [-0.39, 0.29) is 24.8 Å². The summed E-state index contributed by atoms with van der Waals surface area (Å²) in [7, 11) is 0. The molecule has 0 bridgehead atoms. The smallest absolute Gasteiger partial charge is 0.107 e. The van der Waals surface area contributed by atoms with Gasteiger partial charge in [0.2, 0.25) is 0 Å². The fraction of sp³-hybridized carbons (Fsp3) is 0.550. The van der Waals surface area contributed by atoms with Crippen LogP contribution in [0.25, 0.3) is 11.3 Å². The van der Waals surface area contributed by atoms with E-state index in [0.717, 1.165) is 24.1 Å². The van der Waals surface area contributed by atoms with Crippen LogP contribution in [0.4, 0.5) is 0 Å². The van der Waals surface area contributed by atoms with Crippen LogP contribution in [-0.2, 0) is 6.54 Å². The summed E-state index contributed by atoms with van der Waals surface area (Å²) in [6.45, 7) is 5.97. The van der Waals surface area contributed by atoms with Gasteiger partial charge in [-0.25, -0.2) is 4.98 Å². The van der Waals surface area contributed by atoms with Gasteiger partial charge in [-0.2, -0.15) is 0 Å². The molecular formula is C20H29Cl2N3S. The molecule has 3 heterocycles. The molecule has 4 rings (SSSR count). The Labute approximate surface area is 173 Å². The third-order valence-corrected chi connectivity index (χ3v) is 6.50. The Morgan fingerprint density at radius 3 is 2.31 bits per heavy atom. The van der Waals surface area contributed by atoms with Crippen molar-refractivity contribution in [1.82, 2.24) is 15.2 Å². The maximum atomic E-state index is 4.85. The van der Waals surface area contributed by atoms with Crippen molar-refractivity contribution < 1.29 is 0 Å². The summed E-state index contributed by atoms with van der Waals surface area (Å²) >= 11 is 1.81. The van der Waals surface area contributed by atoms with Crippen molar-refractivity contribution in [1.29, 1.82) is 0 Å². The molecule has 0 amide bonds. The van der Waals surface area contributed by atoms with Gasteiger partial charge >= 0.3 is 0 Å². The summed E-state index contributed by atoms with van der Waals surface area (Å²) in [5, 5.41) is 6.95. The van der Waals surface area contributed by atoms with Gasteiger partial charge in [0.05, 0.1) is 12.2 Å². The van der Waals surface area contributed by atoms with Crippen LogP contribution in [0, 0.1) is 11.8 Å². The summed E-state index contributed by atoms with van der Waals surface area (Å²) in [4.78, 5) is 7.45. The predicted octanol–water partition coefficient (Wildman–Crippen LogP) is 4.87. The number of benzene rings is 1. The molecule has 0 aliphatic carbocycles. The first-order valence-corrected chi connectivity index (χ1v) is 10.2. The van der Waals surface area contributed by atoms with E-state index in [9.17, 15) is 0 Å². The second-order valence-electron chi connectivity index (χ2n) is 7.19. The molecule has 1 N–H and O–H groups in total. The minimum Gasteiger partial charge on any atom is -0.317 e. The minimum atomic E-state index is 0. The van der Waals surface area contributed by atoms with E-state index in [1.165, 1.54) is 62.4 Å². The van der Waals surface area contributed by atoms with Crippen molar-refractivity contribution in [3.05, 3.63) is 40.7 Å². The van der Waals surface area contributed by atoms with Gasteiger partial charge in [0.1, 0.15) is 5.01 Å². The van der Waals surface area contributed by atoms with Crippen molar-refractivity contribution in [3.63, 3.8) is 0 Å². The minimum absolute atomic E-state index is 0. The zero-order valence-electron chi connectivity index (χ0n) is 15.1. The summed E-state index contributed by atoms with van der Waals surface area (Å²) < 4.78 is 0. The highest BCUT2D eigenvalue weighted by atomic mass is 35.5. The lowest BCUT2D eigenvalue weighted by atomic mass is 9.79. The molecule has 6 heteroatoms. The Kier molecular flexibility index (Phi) is 8.85. The molecule has 2 aliphatic rings. The Balaban J connectivity index is 0.00000121. The number of rotatable bonds is 4. The first-order valence-electron chi connectivity index (χ1n) is 9.31. The molecule has 3 nitrogen and oxygen atoms in total. The normalized spacial score (nSPS) is 19.5. The number of likely N-dealkylation sites (tertiary alicyclic amines) is 1. The monoisotopic (exact) mass is 413 g/mol. The van der Waals surface area contributed by atoms with Crippen molar-refractivity contribution >= 4 is 36.2 Å². The van der Waals surface area contributed by atoms with E-state index in [1.54, 1.807) is 11.3 Å². The fourth-order valence-electron chi connectivity index (χ4n) is 4.21. The summed E-state index contributed by atoms with van der Waals surface area (Å²) in [5.41, 5.74) is 2.35. The average molecular weight is 414 g/mol. The van der Waals surface area contributed by atoms with Crippen molar-refractivity contribution in [3.8, 4) is 11.3 Å². The van der Waals surface area contributed by atoms with Crippen molar-refractivity contribution in [2.45, 2.75) is 32.2 Å². The summed E-state index contributed by atoms with van der Waals surface area (Å²) in [6.07, 6.45) is 5.53. The zero-order valence-corrected chi connectivity index (χ0v) is 17.6. The number of hydrogen-bond acceptors (Lipinski definition) is 4. The molecule has 0 unspecified atom stereocenters. The quantitative estimate of drug-likeness (QED) is 0.774. The average Bonchev–Trinajstić information content (AvgIpc) is 3.12. The lowest BCUT2D eigenvalue weighted by molar-refractivity contribution is 0.126. The van der Waals surface area contributed by atoms with E-state index in [4.69, 9.17) is 4.98 Å². The maximum absolute atomic E-state index is 4.85. The number of nitrogens with zero attached hydrogens (tertiary/aromatic N) is 2. The highest BCUT2D eigenvalue weighted by molar-refractivity contribution is 7.09. The summed E-state index contributed by atoms with van der Waals surface area (Å²) in [5.74, 6) is 1.93. The number of hydrogen-bond donors (Lipinski definition) is 1. The van der Waals surface area contributed by atoms with Gasteiger partial charge in [0.15, 0.2) is 0 Å². The van der Waals surface area contributed by atoms with Crippen LogP contribution in [0.5, 0.6) is 0 Å². The van der Waals surface area contributed by atoms with E-state index in [2.05, 4.69) is 45.9 Å². The van der Waals surface area contributed by atoms with Crippen LogP contribution >= 0.6 is 36.2 Å². The van der Waals surface area contributed by atoms with Crippen LogP contribution in [0.2, 0.25) is 0 Å². The number of thiazole rings is 1. The number of nitrogens with one attached hydrogen (secondary N) is 1. The maximum Gasteiger partial charge on any atom is 0.107 e. The molecular weight excluding hydrogens is 385 g/mol. The molecule has 0 spiro atoms. The van der Waals surface area contributed by atoms with Gasteiger partial charge in [0, 0.05) is 10.9 Å². The highest BCUT2D eigenvalue weighted by Crippen LogP contribution is 2.31. The van der Waals surface area contributed by atoms with Gasteiger partial charge in [-0.1, -0.05) is 30.3 Å². The van der Waals surface area contributed by atoms with Crippen LogP contribution < -0.4 is 5.32 Å². The van der Waals surface area contributed by atoms with Crippen molar-refractivity contribution in [2.75, 3.05) is 26.2 Å². The zero-order chi connectivity index (χ0) is 16.2. The largest absolute Gasteiger partial charge is 0.317 e. The van der Waals surface area contributed by atoms with E-state index in [1.807, 2.05) is 0 Å². The van der Waals surface area contributed by atoms with Crippen LogP contribution in [0.15, 0.2) is 35.7 Å². The van der Waals surface area contributed by atoms with E-state index >= 15 is 0 Å². The Bertz CT molecular complexity index is 636. The lowest BCUT2D eigenvalue weighted by Crippen LogP contribution is -2.39. The molecule has 1 aromatic carbocycles. The van der Waals surface area contributed by atoms with Crippen LogP contribution in [-0.4, -0.2) is 36.1 Å². The molecule has 2 aliphatic heterocycles. The van der Waals surface area contributed by atoms with Crippen LogP contribution in [0.3, 0.4) is 0 Å². The fourth-order valence-corrected chi connectivity index (χ4v) is 5.06. The summed E-state index contributed by atoms with van der Waals surface area (Å²) in [6, 6.07) is 10.5. The molecule has 1 aromatic heterocycles. The Morgan fingerprint density at radius 2 is 1.62 bits per heavy atom.